The van der Waals surface area contributed by atoms with Gasteiger partial charge in [-0.25, -0.2) is 0 Å². The van der Waals surface area contributed by atoms with Crippen molar-refractivity contribution in [3.8, 4) is 0 Å². The minimum atomic E-state index is -1.97. The molecule has 0 aromatic heterocycles. The van der Waals surface area contributed by atoms with Crippen molar-refractivity contribution < 1.29 is 43.1 Å². The maximum Gasteiger partial charge on any atom is 1.00 e. The summed E-state index contributed by atoms with van der Waals surface area (Å²) in [5, 5.41) is -0.266. The van der Waals surface area contributed by atoms with Gasteiger partial charge in [-0.05, 0) is 12.8 Å². The van der Waals surface area contributed by atoms with E-state index in [-0.39, 0.29) is 40.6 Å². The summed E-state index contributed by atoms with van der Waals surface area (Å²) in [7, 11) is 0. The summed E-state index contributed by atoms with van der Waals surface area (Å²) in [6.45, 7) is 0. The van der Waals surface area contributed by atoms with E-state index in [0.29, 0.717) is 25.7 Å². The molecular weight excluding hydrogens is 175 g/mol. The predicted molar refractivity (Wildman–Crippen MR) is 36.2 cm³/mol. The monoisotopic (exact) mass is 184 g/mol. The third kappa shape index (κ3) is 3.80. The topological polar surface area (TPSA) is 57.2 Å². The fraction of sp³-hybridized carbons (Fsp3) is 0.833. The van der Waals surface area contributed by atoms with Gasteiger partial charge in [-0.15, -0.1) is 0 Å². The van der Waals surface area contributed by atoms with E-state index in [2.05, 4.69) is 0 Å². The third-order valence-electron chi connectivity index (χ3n) is 1.76. The first-order valence-corrected chi connectivity index (χ1v) is 4.43. The van der Waals surface area contributed by atoms with Crippen LogP contribution in [0.15, 0.2) is 0 Å². The van der Waals surface area contributed by atoms with E-state index in [0.717, 1.165) is 0 Å². The summed E-state index contributed by atoms with van der Waals surface area (Å²) >= 11 is -1.97. The summed E-state index contributed by atoms with van der Waals surface area (Å²) in [6.07, 6.45) is 1.93. The predicted octanol–water partition coefficient (Wildman–Crippen LogP) is -2.62. The molecule has 1 aliphatic carbocycles. The molecule has 0 aromatic rings. The van der Waals surface area contributed by atoms with E-state index in [9.17, 15) is 13.6 Å². The standard InChI is InChI=1S/C6H10O3S.Na/c7-5-1-3-6(4-2-5)10(8)9;/h6H,1-4H2,(H,8,9);/q;+1/p-1. The average molecular weight is 184 g/mol. The van der Waals surface area contributed by atoms with Gasteiger partial charge in [0, 0.05) is 18.1 Å². The van der Waals surface area contributed by atoms with Gasteiger partial charge in [0.2, 0.25) is 0 Å². The van der Waals surface area contributed by atoms with Crippen molar-refractivity contribution in [2.24, 2.45) is 0 Å². The van der Waals surface area contributed by atoms with Gasteiger partial charge in [0.25, 0.3) is 0 Å². The van der Waals surface area contributed by atoms with E-state index >= 15 is 0 Å². The molecule has 1 fully saturated rings. The molecule has 1 rings (SSSR count). The molecule has 0 spiro atoms. The Balaban J connectivity index is 0.000001000. The van der Waals surface area contributed by atoms with Crippen LogP contribution in [0.4, 0.5) is 0 Å². The Morgan fingerprint density at radius 1 is 1.36 bits per heavy atom. The molecule has 11 heavy (non-hydrogen) atoms. The Hall–Kier alpha value is 0.780. The van der Waals surface area contributed by atoms with Gasteiger partial charge >= 0.3 is 29.6 Å². The number of Topliss-reactive ketones (excluding diaryl/α,β-unsaturated/α-hetero) is 1. The number of ketones is 1. The molecule has 0 aromatic carbocycles. The Morgan fingerprint density at radius 3 is 2.18 bits per heavy atom. The molecule has 3 nitrogen and oxygen atoms in total. The van der Waals surface area contributed by atoms with E-state index in [4.69, 9.17) is 0 Å². The minimum absolute atomic E-state index is 0. The Kier molecular flexibility index (Phi) is 5.82. The molecular formula is C6H9NaO3S. The van der Waals surface area contributed by atoms with Gasteiger partial charge in [0.05, 0.1) is 0 Å². The molecule has 0 N–H and O–H groups in total. The minimum Gasteiger partial charge on any atom is -0.772 e. The zero-order valence-electron chi connectivity index (χ0n) is 6.54. The van der Waals surface area contributed by atoms with Crippen LogP contribution in [0.2, 0.25) is 0 Å². The molecule has 0 amide bonds. The van der Waals surface area contributed by atoms with E-state index in [1.54, 1.807) is 0 Å². The van der Waals surface area contributed by atoms with Crippen LogP contribution in [0.5, 0.6) is 0 Å². The van der Waals surface area contributed by atoms with Gasteiger partial charge in [-0.2, -0.15) is 0 Å². The molecule has 5 heteroatoms. The van der Waals surface area contributed by atoms with Crippen molar-refractivity contribution in [2.45, 2.75) is 30.9 Å². The maximum absolute atomic E-state index is 10.6. The molecule has 1 atom stereocenters. The molecule has 0 heterocycles. The van der Waals surface area contributed by atoms with E-state index < -0.39 is 11.1 Å². The number of hydrogen-bond donors (Lipinski definition) is 0. The number of carbonyl (C=O) groups excluding carboxylic acids is 1. The second-order valence-electron chi connectivity index (χ2n) is 2.50. The van der Waals surface area contributed by atoms with Crippen LogP contribution in [0.3, 0.4) is 0 Å². The second-order valence-corrected chi connectivity index (χ2v) is 3.69. The van der Waals surface area contributed by atoms with Crippen molar-refractivity contribution in [1.29, 1.82) is 0 Å². The average Bonchev–Trinajstić information content (AvgIpc) is 1.88. The van der Waals surface area contributed by atoms with Crippen molar-refractivity contribution in [1.82, 2.24) is 0 Å². The van der Waals surface area contributed by atoms with Crippen molar-refractivity contribution in [3.63, 3.8) is 0 Å². The SMILES string of the molecule is O=C1CCC(S(=O)[O-])CC1.[Na+]. The Bertz CT molecular complexity index is 161. The zero-order chi connectivity index (χ0) is 7.56. The van der Waals surface area contributed by atoms with Gasteiger partial charge in [-0.3, -0.25) is 9.00 Å². The van der Waals surface area contributed by atoms with E-state index in [1.165, 1.54) is 0 Å². The quantitative estimate of drug-likeness (QED) is 0.331. The first-order valence-electron chi connectivity index (χ1n) is 3.30. The summed E-state index contributed by atoms with van der Waals surface area (Å²) < 4.78 is 20.7. The Labute approximate surface area is 90.5 Å². The van der Waals surface area contributed by atoms with Crippen LogP contribution < -0.4 is 29.6 Å². The summed E-state index contributed by atoms with van der Waals surface area (Å²) in [4.78, 5) is 10.6. The first-order chi connectivity index (χ1) is 4.70. The summed E-state index contributed by atoms with van der Waals surface area (Å²) in [5.41, 5.74) is 0. The van der Waals surface area contributed by atoms with Gasteiger partial charge in [0.15, 0.2) is 0 Å². The van der Waals surface area contributed by atoms with Gasteiger partial charge in [-0.1, -0.05) is 11.1 Å². The van der Waals surface area contributed by atoms with Gasteiger partial charge < -0.3 is 4.55 Å². The second kappa shape index (κ2) is 5.43. The zero-order valence-corrected chi connectivity index (χ0v) is 9.36. The number of hydrogen-bond acceptors (Lipinski definition) is 3. The summed E-state index contributed by atoms with van der Waals surface area (Å²) in [6, 6.07) is 0. The molecule has 0 saturated heterocycles. The number of carbonyl (C=O) groups is 1. The molecule has 0 aliphatic heterocycles. The van der Waals surface area contributed by atoms with Crippen LogP contribution in [0, 0.1) is 0 Å². The fourth-order valence-electron chi connectivity index (χ4n) is 1.11. The van der Waals surface area contributed by atoms with Crippen molar-refractivity contribution in [3.05, 3.63) is 0 Å². The largest absolute Gasteiger partial charge is 1.00 e. The molecule has 1 aliphatic rings. The normalized spacial score (nSPS) is 22.5. The van der Waals surface area contributed by atoms with E-state index in [1.807, 2.05) is 0 Å². The molecule has 1 saturated carbocycles. The summed E-state index contributed by atoms with van der Waals surface area (Å²) in [5.74, 6) is 0.196. The maximum atomic E-state index is 10.6. The van der Waals surface area contributed by atoms with Crippen LogP contribution in [0.25, 0.3) is 0 Å². The third-order valence-corrected chi connectivity index (χ3v) is 2.78. The molecule has 1 unspecified atom stereocenters. The van der Waals surface area contributed by atoms with Crippen LogP contribution in [-0.4, -0.2) is 19.8 Å². The van der Waals surface area contributed by atoms with Crippen molar-refractivity contribution >= 4 is 16.9 Å². The van der Waals surface area contributed by atoms with Gasteiger partial charge in [0.1, 0.15) is 5.78 Å². The van der Waals surface area contributed by atoms with Crippen LogP contribution in [-0.2, 0) is 15.9 Å². The first kappa shape index (κ1) is 11.8. The number of rotatable bonds is 1. The Morgan fingerprint density at radius 2 is 1.82 bits per heavy atom. The molecule has 58 valence electrons. The van der Waals surface area contributed by atoms with Crippen molar-refractivity contribution in [2.75, 3.05) is 0 Å². The molecule has 0 bridgehead atoms. The smallest absolute Gasteiger partial charge is 0.772 e. The van der Waals surface area contributed by atoms with Crippen LogP contribution in [0.1, 0.15) is 25.7 Å². The van der Waals surface area contributed by atoms with Crippen LogP contribution >= 0.6 is 0 Å². The molecule has 0 radical (unpaired) electrons. The fourth-order valence-corrected chi connectivity index (χ4v) is 1.73.